The fourth-order valence-corrected chi connectivity index (χ4v) is 1.11. The lowest BCUT2D eigenvalue weighted by Crippen LogP contribution is -2.31. The van der Waals surface area contributed by atoms with Crippen LogP contribution in [-0.4, -0.2) is 50.1 Å². The molecule has 80 valence electrons. The van der Waals surface area contributed by atoms with Crippen LogP contribution in [-0.2, 0) is 9.62 Å². The number of hydrogen-bond donors (Lipinski definition) is 1. The zero-order valence-corrected chi connectivity index (χ0v) is 8.66. The second kappa shape index (κ2) is 9.92. The summed E-state index contributed by atoms with van der Waals surface area (Å²) < 4.78 is 4.99. The number of hydrogen-bond acceptors (Lipinski definition) is 4. The molecule has 0 fully saturated rings. The van der Waals surface area contributed by atoms with Crippen LogP contribution < -0.4 is 0 Å². The Labute approximate surface area is 80.4 Å². The van der Waals surface area contributed by atoms with Crippen LogP contribution in [0.15, 0.2) is 0 Å². The predicted molar refractivity (Wildman–Crippen MR) is 51.8 cm³/mol. The first kappa shape index (κ1) is 12.8. The number of rotatable bonds is 9. The molecule has 0 aliphatic carbocycles. The number of nitrogens with zero attached hydrogens (tertiary/aromatic N) is 1. The molecule has 0 aliphatic rings. The molecule has 0 aromatic heterocycles. The van der Waals surface area contributed by atoms with Crippen molar-refractivity contribution in [1.82, 2.24) is 4.90 Å². The van der Waals surface area contributed by atoms with Crippen molar-refractivity contribution in [2.24, 2.45) is 0 Å². The van der Waals surface area contributed by atoms with Crippen LogP contribution in [0.2, 0.25) is 0 Å². The molecule has 0 aromatic carbocycles. The quantitative estimate of drug-likeness (QED) is 0.439. The predicted octanol–water partition coefficient (Wildman–Crippen LogP) is 1.22. The molecular formula is C9H21NO3. The average Bonchev–Trinajstić information content (AvgIpc) is 2.17. The Morgan fingerprint density at radius 1 is 1.15 bits per heavy atom. The molecule has 13 heavy (non-hydrogen) atoms. The van der Waals surface area contributed by atoms with Crippen LogP contribution in [0.1, 0.15) is 19.8 Å². The maximum absolute atomic E-state index is 8.21. The van der Waals surface area contributed by atoms with E-state index < -0.39 is 0 Å². The first-order valence-corrected chi connectivity index (χ1v) is 4.82. The summed E-state index contributed by atoms with van der Waals surface area (Å²) in [6, 6.07) is 0. The highest BCUT2D eigenvalue weighted by molar-refractivity contribution is 4.56. The van der Waals surface area contributed by atoms with Crippen LogP contribution in [0.25, 0.3) is 0 Å². The average molecular weight is 191 g/mol. The Hall–Kier alpha value is -0.160. The van der Waals surface area contributed by atoms with Crippen molar-refractivity contribution in [3.8, 4) is 0 Å². The Kier molecular flexibility index (Phi) is 9.80. The number of unbranched alkanes of at least 4 members (excludes halogenated alkanes) is 1. The lowest BCUT2D eigenvalue weighted by atomic mass is 10.3. The normalized spacial score (nSPS) is 11.1. The highest BCUT2D eigenvalue weighted by atomic mass is 17.1. The highest BCUT2D eigenvalue weighted by Crippen LogP contribution is 1.94. The fourth-order valence-electron chi connectivity index (χ4n) is 1.11. The largest absolute Gasteiger partial charge is 0.383 e. The molecule has 0 saturated carbocycles. The second-order valence-electron chi connectivity index (χ2n) is 3.02. The minimum absolute atomic E-state index is 0.368. The zero-order valence-electron chi connectivity index (χ0n) is 8.66. The van der Waals surface area contributed by atoms with Crippen LogP contribution in [0, 0.1) is 0 Å². The van der Waals surface area contributed by atoms with E-state index in [0.717, 1.165) is 26.2 Å². The third-order valence-corrected chi connectivity index (χ3v) is 1.94. The molecule has 4 heteroatoms. The standard InChI is InChI=1S/C9H21NO3/c1-3-4-5-10(6-8-12-2)7-9-13-11/h11H,3-9H2,1-2H3. The molecule has 0 saturated heterocycles. The third kappa shape index (κ3) is 8.18. The van der Waals surface area contributed by atoms with Gasteiger partial charge in [-0.1, -0.05) is 13.3 Å². The molecule has 0 amide bonds. The summed E-state index contributed by atoms with van der Waals surface area (Å²) in [5.74, 6) is 0. The minimum atomic E-state index is 0.368. The van der Waals surface area contributed by atoms with Gasteiger partial charge in [0.25, 0.3) is 0 Å². The van der Waals surface area contributed by atoms with Gasteiger partial charge in [-0.3, -0.25) is 10.2 Å². The SMILES string of the molecule is CCCCN(CCOC)CCOO. The van der Waals surface area contributed by atoms with Crippen LogP contribution in [0.5, 0.6) is 0 Å². The highest BCUT2D eigenvalue weighted by Gasteiger charge is 2.03. The molecule has 0 unspecified atom stereocenters. The van der Waals surface area contributed by atoms with Crippen molar-refractivity contribution in [2.75, 3.05) is 40.0 Å². The summed E-state index contributed by atoms with van der Waals surface area (Å²) in [7, 11) is 1.69. The summed E-state index contributed by atoms with van der Waals surface area (Å²) in [6.07, 6.45) is 2.36. The topological polar surface area (TPSA) is 41.9 Å². The van der Waals surface area contributed by atoms with Gasteiger partial charge >= 0.3 is 0 Å². The van der Waals surface area contributed by atoms with Crippen LogP contribution in [0.3, 0.4) is 0 Å². The van der Waals surface area contributed by atoms with Crippen LogP contribution >= 0.6 is 0 Å². The van der Waals surface area contributed by atoms with E-state index >= 15 is 0 Å². The van der Waals surface area contributed by atoms with Gasteiger partial charge in [-0.05, 0) is 13.0 Å². The summed E-state index contributed by atoms with van der Waals surface area (Å²) >= 11 is 0. The first-order valence-electron chi connectivity index (χ1n) is 4.82. The zero-order chi connectivity index (χ0) is 9.94. The summed E-state index contributed by atoms with van der Waals surface area (Å²) in [5, 5.41) is 8.21. The fraction of sp³-hybridized carbons (Fsp3) is 1.00. The van der Waals surface area contributed by atoms with Gasteiger partial charge < -0.3 is 4.74 Å². The second-order valence-corrected chi connectivity index (χ2v) is 3.02. The summed E-state index contributed by atoms with van der Waals surface area (Å²) in [6.45, 7) is 5.97. The van der Waals surface area contributed by atoms with Gasteiger partial charge in [0.1, 0.15) is 0 Å². The maximum atomic E-state index is 8.21. The molecule has 0 rings (SSSR count). The number of ether oxygens (including phenoxy) is 1. The Bertz CT molecular complexity index is 81.8. The van der Waals surface area contributed by atoms with Crippen LogP contribution in [0.4, 0.5) is 0 Å². The van der Waals surface area contributed by atoms with Crippen molar-refractivity contribution in [3.63, 3.8) is 0 Å². The van der Waals surface area contributed by atoms with E-state index in [-0.39, 0.29) is 0 Å². The molecule has 1 N–H and O–H groups in total. The third-order valence-electron chi connectivity index (χ3n) is 1.94. The van der Waals surface area contributed by atoms with Gasteiger partial charge in [0.15, 0.2) is 0 Å². The van der Waals surface area contributed by atoms with E-state index in [0.29, 0.717) is 6.61 Å². The molecule has 0 spiro atoms. The van der Waals surface area contributed by atoms with Crippen molar-refractivity contribution in [1.29, 1.82) is 0 Å². The smallest absolute Gasteiger partial charge is 0.0946 e. The summed E-state index contributed by atoms with van der Waals surface area (Å²) in [5.41, 5.74) is 0. The van der Waals surface area contributed by atoms with E-state index in [1.807, 2.05) is 0 Å². The van der Waals surface area contributed by atoms with E-state index in [1.165, 1.54) is 12.8 Å². The first-order chi connectivity index (χ1) is 6.35. The number of methoxy groups -OCH3 is 1. The van der Waals surface area contributed by atoms with Gasteiger partial charge in [0, 0.05) is 20.2 Å². The van der Waals surface area contributed by atoms with Gasteiger partial charge in [0.2, 0.25) is 0 Å². The van der Waals surface area contributed by atoms with Gasteiger partial charge in [0.05, 0.1) is 13.2 Å². The molecule has 0 radical (unpaired) electrons. The van der Waals surface area contributed by atoms with Crippen molar-refractivity contribution < 1.29 is 14.9 Å². The Morgan fingerprint density at radius 2 is 1.85 bits per heavy atom. The molecule has 0 aromatic rings. The Morgan fingerprint density at radius 3 is 2.38 bits per heavy atom. The molecule has 0 bridgehead atoms. The molecule has 0 heterocycles. The molecule has 0 aliphatic heterocycles. The van der Waals surface area contributed by atoms with Gasteiger partial charge in [-0.25, -0.2) is 4.89 Å². The Balaban J connectivity index is 3.47. The molecular weight excluding hydrogens is 170 g/mol. The molecule has 0 atom stereocenters. The van der Waals surface area contributed by atoms with Crippen molar-refractivity contribution in [3.05, 3.63) is 0 Å². The van der Waals surface area contributed by atoms with Crippen molar-refractivity contribution >= 4 is 0 Å². The maximum Gasteiger partial charge on any atom is 0.0946 e. The van der Waals surface area contributed by atoms with E-state index in [9.17, 15) is 0 Å². The monoisotopic (exact) mass is 191 g/mol. The molecule has 4 nitrogen and oxygen atoms in total. The summed E-state index contributed by atoms with van der Waals surface area (Å²) in [4.78, 5) is 6.28. The lowest BCUT2D eigenvalue weighted by molar-refractivity contribution is -0.244. The van der Waals surface area contributed by atoms with Crippen molar-refractivity contribution in [2.45, 2.75) is 19.8 Å². The van der Waals surface area contributed by atoms with E-state index in [1.54, 1.807) is 7.11 Å². The lowest BCUT2D eigenvalue weighted by Gasteiger charge is -2.20. The van der Waals surface area contributed by atoms with Gasteiger partial charge in [-0.2, -0.15) is 0 Å². The van der Waals surface area contributed by atoms with Gasteiger partial charge in [-0.15, -0.1) is 0 Å². The minimum Gasteiger partial charge on any atom is -0.383 e. The van der Waals surface area contributed by atoms with E-state index in [4.69, 9.17) is 9.99 Å². The van der Waals surface area contributed by atoms with E-state index in [2.05, 4.69) is 16.7 Å².